The van der Waals surface area contributed by atoms with Gasteiger partial charge in [0.15, 0.2) is 0 Å². The minimum atomic E-state index is 0.767. The Morgan fingerprint density at radius 1 is 1.30 bits per heavy atom. The van der Waals surface area contributed by atoms with E-state index in [0.29, 0.717) is 0 Å². The summed E-state index contributed by atoms with van der Waals surface area (Å²) in [5.74, 6) is 0.787. The maximum atomic E-state index is 4.14. The molecular formula is C15H21N5. The van der Waals surface area contributed by atoms with E-state index in [-0.39, 0.29) is 0 Å². The second-order valence-electron chi connectivity index (χ2n) is 5.37. The Morgan fingerprint density at radius 2 is 2.20 bits per heavy atom. The Kier molecular flexibility index (Phi) is 4.28. The van der Waals surface area contributed by atoms with E-state index in [2.05, 4.69) is 45.0 Å². The number of anilines is 1. The molecule has 1 aromatic carbocycles. The molecule has 0 aliphatic carbocycles. The smallest absolute Gasteiger partial charge is 0.137 e. The van der Waals surface area contributed by atoms with E-state index in [0.717, 1.165) is 32.1 Å². The molecule has 20 heavy (non-hydrogen) atoms. The van der Waals surface area contributed by atoms with Crippen LogP contribution in [0.2, 0.25) is 0 Å². The van der Waals surface area contributed by atoms with Crippen molar-refractivity contribution in [3.05, 3.63) is 42.5 Å². The fourth-order valence-electron chi connectivity index (χ4n) is 2.63. The van der Waals surface area contributed by atoms with Crippen molar-refractivity contribution in [1.82, 2.24) is 20.1 Å². The maximum Gasteiger partial charge on any atom is 0.137 e. The van der Waals surface area contributed by atoms with Gasteiger partial charge >= 0.3 is 0 Å². The Balaban J connectivity index is 1.56. The summed E-state index contributed by atoms with van der Waals surface area (Å²) in [7, 11) is 0. The first-order chi connectivity index (χ1) is 9.90. The van der Waals surface area contributed by atoms with Crippen molar-refractivity contribution in [2.75, 3.05) is 25.0 Å². The minimum Gasteiger partial charge on any atom is -0.385 e. The normalized spacial score (nSPS) is 16.2. The first-order valence-corrected chi connectivity index (χ1v) is 7.26. The van der Waals surface area contributed by atoms with Crippen LogP contribution in [0.3, 0.4) is 0 Å². The lowest BCUT2D eigenvalue weighted by Crippen LogP contribution is -2.31. The second-order valence-corrected chi connectivity index (χ2v) is 5.37. The number of piperidine rings is 1. The van der Waals surface area contributed by atoms with E-state index in [1.54, 1.807) is 12.7 Å². The summed E-state index contributed by atoms with van der Waals surface area (Å²) >= 11 is 0. The van der Waals surface area contributed by atoms with Crippen LogP contribution in [0.5, 0.6) is 0 Å². The molecule has 2 heterocycles. The Bertz CT molecular complexity index is 517. The molecule has 0 radical (unpaired) electrons. The number of rotatable bonds is 5. The molecule has 2 N–H and O–H groups in total. The number of benzene rings is 1. The number of nitrogens with one attached hydrogen (secondary N) is 2. The lowest BCUT2D eigenvalue weighted by Gasteiger charge is -2.23. The molecule has 0 unspecified atom stereocenters. The molecular weight excluding hydrogens is 250 g/mol. The van der Waals surface area contributed by atoms with Crippen molar-refractivity contribution >= 4 is 5.69 Å². The van der Waals surface area contributed by atoms with E-state index in [4.69, 9.17) is 0 Å². The van der Waals surface area contributed by atoms with Gasteiger partial charge in [0, 0.05) is 12.2 Å². The average Bonchev–Trinajstić information content (AvgIpc) is 3.00. The fourth-order valence-corrected chi connectivity index (χ4v) is 2.63. The molecule has 0 spiro atoms. The van der Waals surface area contributed by atoms with Crippen molar-refractivity contribution in [3.63, 3.8) is 0 Å². The monoisotopic (exact) mass is 271 g/mol. The summed E-state index contributed by atoms with van der Waals surface area (Å²) in [6.07, 6.45) is 5.85. The third-order valence-electron chi connectivity index (χ3n) is 3.79. The second kappa shape index (κ2) is 6.52. The van der Waals surface area contributed by atoms with Gasteiger partial charge in [0.1, 0.15) is 12.7 Å². The molecule has 2 aromatic rings. The van der Waals surface area contributed by atoms with Crippen LogP contribution in [0, 0.1) is 5.92 Å². The third kappa shape index (κ3) is 3.57. The molecule has 1 aliphatic rings. The van der Waals surface area contributed by atoms with E-state index in [1.165, 1.54) is 24.1 Å². The quantitative estimate of drug-likeness (QED) is 0.869. The third-order valence-corrected chi connectivity index (χ3v) is 3.79. The molecule has 1 saturated heterocycles. The highest BCUT2D eigenvalue weighted by Gasteiger charge is 2.12. The zero-order chi connectivity index (χ0) is 13.6. The first kappa shape index (κ1) is 13.1. The molecule has 3 rings (SSSR count). The maximum absolute atomic E-state index is 4.14. The van der Waals surface area contributed by atoms with Crippen LogP contribution < -0.4 is 10.6 Å². The number of hydrogen-bond acceptors (Lipinski definition) is 4. The molecule has 0 bridgehead atoms. The lowest BCUT2D eigenvalue weighted by atomic mass is 9.98. The van der Waals surface area contributed by atoms with Crippen LogP contribution in [0.15, 0.2) is 36.9 Å². The Morgan fingerprint density at radius 3 is 3.00 bits per heavy atom. The van der Waals surface area contributed by atoms with Crippen molar-refractivity contribution in [3.8, 4) is 0 Å². The van der Waals surface area contributed by atoms with Crippen LogP contribution in [-0.4, -0.2) is 34.4 Å². The van der Waals surface area contributed by atoms with Gasteiger partial charge in [-0.2, -0.15) is 5.10 Å². The van der Waals surface area contributed by atoms with Gasteiger partial charge in [0.25, 0.3) is 0 Å². The zero-order valence-electron chi connectivity index (χ0n) is 11.6. The predicted octanol–water partition coefficient (Wildman–Crippen LogP) is 1.74. The lowest BCUT2D eigenvalue weighted by molar-refractivity contribution is 0.390. The summed E-state index contributed by atoms with van der Waals surface area (Å²) in [6, 6.07) is 8.54. The van der Waals surface area contributed by atoms with Gasteiger partial charge in [0.05, 0.1) is 6.54 Å². The zero-order valence-corrected chi connectivity index (χ0v) is 11.6. The van der Waals surface area contributed by atoms with Crippen molar-refractivity contribution in [2.45, 2.75) is 19.4 Å². The van der Waals surface area contributed by atoms with E-state index in [9.17, 15) is 0 Å². The number of aromatic nitrogens is 3. The van der Waals surface area contributed by atoms with Crippen molar-refractivity contribution in [2.24, 2.45) is 5.92 Å². The van der Waals surface area contributed by atoms with Crippen LogP contribution >= 0.6 is 0 Å². The molecule has 0 saturated carbocycles. The molecule has 5 heteroatoms. The van der Waals surface area contributed by atoms with Crippen LogP contribution in [0.4, 0.5) is 5.69 Å². The summed E-state index contributed by atoms with van der Waals surface area (Å²) in [6.45, 7) is 4.13. The highest BCUT2D eigenvalue weighted by molar-refractivity contribution is 5.45. The van der Waals surface area contributed by atoms with Gasteiger partial charge < -0.3 is 10.6 Å². The van der Waals surface area contributed by atoms with Gasteiger partial charge in [-0.1, -0.05) is 12.1 Å². The van der Waals surface area contributed by atoms with Gasteiger partial charge in [-0.25, -0.2) is 9.67 Å². The number of hydrogen-bond donors (Lipinski definition) is 2. The van der Waals surface area contributed by atoms with Crippen LogP contribution in [-0.2, 0) is 6.54 Å². The van der Waals surface area contributed by atoms with E-state index < -0.39 is 0 Å². The summed E-state index contributed by atoms with van der Waals surface area (Å²) < 4.78 is 1.84. The van der Waals surface area contributed by atoms with Gasteiger partial charge in [-0.15, -0.1) is 0 Å². The van der Waals surface area contributed by atoms with Gasteiger partial charge in [-0.05, 0) is 49.5 Å². The summed E-state index contributed by atoms with van der Waals surface area (Å²) in [5, 5.41) is 11.1. The molecule has 1 aromatic heterocycles. The topological polar surface area (TPSA) is 54.8 Å². The molecule has 0 atom stereocenters. The molecule has 0 amide bonds. The molecule has 5 nitrogen and oxygen atoms in total. The SMILES string of the molecule is c1cc(Cn2cncn2)cc(NCC2CCNCC2)c1. The highest BCUT2D eigenvalue weighted by atomic mass is 15.3. The summed E-state index contributed by atoms with van der Waals surface area (Å²) in [4.78, 5) is 3.97. The van der Waals surface area contributed by atoms with E-state index >= 15 is 0 Å². The summed E-state index contributed by atoms with van der Waals surface area (Å²) in [5.41, 5.74) is 2.44. The van der Waals surface area contributed by atoms with Crippen LogP contribution in [0.25, 0.3) is 0 Å². The molecule has 1 fully saturated rings. The van der Waals surface area contributed by atoms with Gasteiger partial charge in [0.2, 0.25) is 0 Å². The highest BCUT2D eigenvalue weighted by Crippen LogP contribution is 2.15. The minimum absolute atomic E-state index is 0.767. The van der Waals surface area contributed by atoms with Crippen molar-refractivity contribution in [1.29, 1.82) is 0 Å². The van der Waals surface area contributed by atoms with Crippen molar-refractivity contribution < 1.29 is 0 Å². The number of nitrogens with zero attached hydrogens (tertiary/aromatic N) is 3. The van der Waals surface area contributed by atoms with E-state index in [1.807, 2.05) is 4.68 Å². The molecule has 1 aliphatic heterocycles. The predicted molar refractivity (Wildman–Crippen MR) is 79.6 cm³/mol. The fraction of sp³-hybridized carbons (Fsp3) is 0.467. The largest absolute Gasteiger partial charge is 0.385 e. The Hall–Kier alpha value is -1.88. The standard InChI is InChI=1S/C15H21N5/c1-2-14(10-20-12-17-11-19-20)8-15(3-1)18-9-13-4-6-16-7-5-13/h1-3,8,11-13,16,18H,4-7,9-10H2. The van der Waals surface area contributed by atoms with Gasteiger partial charge in [-0.3, -0.25) is 0 Å². The Labute approximate surface area is 119 Å². The first-order valence-electron chi connectivity index (χ1n) is 7.26. The molecule has 106 valence electrons. The average molecular weight is 271 g/mol. The van der Waals surface area contributed by atoms with Crippen LogP contribution in [0.1, 0.15) is 18.4 Å².